The van der Waals surface area contributed by atoms with E-state index >= 15 is 0 Å². The van der Waals surface area contributed by atoms with Gasteiger partial charge in [-0.15, -0.1) is 10.2 Å². The highest BCUT2D eigenvalue weighted by atomic mass is 15.2. The maximum absolute atomic E-state index is 4.57. The molecule has 0 aliphatic heterocycles. The van der Waals surface area contributed by atoms with Crippen LogP contribution in [0.2, 0.25) is 0 Å². The molecule has 1 heterocycles. The van der Waals surface area contributed by atoms with E-state index in [4.69, 9.17) is 0 Å². The number of likely N-dealkylation sites (N-methyl/N-ethyl adjacent to an activating group) is 1. The lowest BCUT2D eigenvalue weighted by atomic mass is 10.0. The monoisotopic (exact) mass is 368 g/mol. The van der Waals surface area contributed by atoms with Gasteiger partial charge in [-0.05, 0) is 44.0 Å². The number of hydrogen-bond acceptors (Lipinski definition) is 4. The highest BCUT2D eigenvalue weighted by molar-refractivity contribution is 5.61. The molecule has 1 unspecified atom stereocenters. The van der Waals surface area contributed by atoms with Crippen LogP contribution in [0.5, 0.6) is 0 Å². The summed E-state index contributed by atoms with van der Waals surface area (Å²) in [6, 6.07) is 13.1. The topological polar surface area (TPSA) is 41.1 Å². The van der Waals surface area contributed by atoms with Gasteiger partial charge in [-0.25, -0.2) is 0 Å². The third kappa shape index (κ3) is 6.31. The maximum Gasteiger partial charge on any atom is 0.151 e. The zero-order chi connectivity index (χ0) is 19.5. The molecule has 1 aromatic carbocycles. The standard InChI is InChI=1S/C23H36N4/c1-5-9-11-16-20-17-22(19-14-12-10-13-15-19)25-26-23(20)24-18-21(6-2)27(7-3)8-4/h10,12-15,17,21H,5-9,11,16,18H2,1-4H3,(H,24,26). The molecule has 1 N–H and O–H groups in total. The summed E-state index contributed by atoms with van der Waals surface area (Å²) in [6.07, 6.45) is 5.85. The molecule has 2 aromatic rings. The number of rotatable bonds is 12. The van der Waals surface area contributed by atoms with Crippen molar-refractivity contribution in [1.29, 1.82) is 0 Å². The summed E-state index contributed by atoms with van der Waals surface area (Å²) >= 11 is 0. The Hall–Kier alpha value is -1.94. The van der Waals surface area contributed by atoms with E-state index in [0.29, 0.717) is 6.04 Å². The molecular formula is C23H36N4. The van der Waals surface area contributed by atoms with Gasteiger partial charge in [0.1, 0.15) is 0 Å². The molecule has 0 fully saturated rings. The Labute approximate surface area is 165 Å². The molecule has 1 aromatic heterocycles. The van der Waals surface area contributed by atoms with Crippen molar-refractivity contribution in [3.8, 4) is 11.3 Å². The summed E-state index contributed by atoms with van der Waals surface area (Å²) in [5, 5.41) is 12.7. The number of aryl methyl sites for hydroxylation is 1. The molecule has 27 heavy (non-hydrogen) atoms. The van der Waals surface area contributed by atoms with Gasteiger partial charge in [0.2, 0.25) is 0 Å². The minimum atomic E-state index is 0.527. The number of aromatic nitrogens is 2. The first-order valence-corrected chi connectivity index (χ1v) is 10.6. The molecule has 0 amide bonds. The van der Waals surface area contributed by atoms with E-state index in [1.807, 2.05) is 6.07 Å². The minimum absolute atomic E-state index is 0.527. The first-order valence-electron chi connectivity index (χ1n) is 10.6. The van der Waals surface area contributed by atoms with Gasteiger partial charge >= 0.3 is 0 Å². The van der Waals surface area contributed by atoms with Gasteiger partial charge in [0, 0.05) is 18.2 Å². The van der Waals surface area contributed by atoms with Crippen molar-refractivity contribution in [3.05, 3.63) is 42.0 Å². The maximum atomic E-state index is 4.57. The van der Waals surface area contributed by atoms with Crippen molar-refractivity contribution in [1.82, 2.24) is 15.1 Å². The molecule has 0 radical (unpaired) electrons. The Bertz CT molecular complexity index is 653. The van der Waals surface area contributed by atoms with E-state index in [0.717, 1.165) is 49.6 Å². The molecule has 0 saturated heterocycles. The average molecular weight is 369 g/mol. The van der Waals surface area contributed by atoms with Crippen LogP contribution in [-0.4, -0.2) is 40.8 Å². The van der Waals surface area contributed by atoms with Crippen LogP contribution in [0.4, 0.5) is 5.82 Å². The van der Waals surface area contributed by atoms with Crippen molar-refractivity contribution < 1.29 is 0 Å². The number of unbranched alkanes of at least 4 members (excludes halogenated alkanes) is 2. The second kappa shape index (κ2) is 11.7. The van der Waals surface area contributed by atoms with E-state index in [1.54, 1.807) is 0 Å². The van der Waals surface area contributed by atoms with E-state index in [1.165, 1.54) is 24.8 Å². The normalized spacial score (nSPS) is 12.3. The fourth-order valence-corrected chi connectivity index (χ4v) is 3.57. The van der Waals surface area contributed by atoms with Crippen LogP contribution in [0.3, 0.4) is 0 Å². The number of hydrogen-bond donors (Lipinski definition) is 1. The van der Waals surface area contributed by atoms with Crippen LogP contribution in [0.25, 0.3) is 11.3 Å². The lowest BCUT2D eigenvalue weighted by molar-refractivity contribution is 0.220. The van der Waals surface area contributed by atoms with Gasteiger partial charge in [0.05, 0.1) is 5.69 Å². The Morgan fingerprint density at radius 2 is 1.70 bits per heavy atom. The zero-order valence-corrected chi connectivity index (χ0v) is 17.5. The van der Waals surface area contributed by atoms with Crippen LogP contribution in [-0.2, 0) is 6.42 Å². The molecule has 4 heteroatoms. The largest absolute Gasteiger partial charge is 0.367 e. The third-order valence-electron chi connectivity index (χ3n) is 5.30. The Morgan fingerprint density at radius 3 is 2.33 bits per heavy atom. The Morgan fingerprint density at radius 1 is 0.963 bits per heavy atom. The Kier molecular flexibility index (Phi) is 9.26. The van der Waals surface area contributed by atoms with Gasteiger partial charge in [-0.3, -0.25) is 4.90 Å². The van der Waals surface area contributed by atoms with Crippen molar-refractivity contribution in [2.45, 2.75) is 65.8 Å². The summed E-state index contributed by atoms with van der Waals surface area (Å²) in [5.41, 5.74) is 3.37. The summed E-state index contributed by atoms with van der Waals surface area (Å²) < 4.78 is 0. The van der Waals surface area contributed by atoms with E-state index < -0.39 is 0 Å². The van der Waals surface area contributed by atoms with E-state index in [9.17, 15) is 0 Å². The first-order chi connectivity index (χ1) is 13.2. The molecule has 148 valence electrons. The molecule has 1 atom stereocenters. The van der Waals surface area contributed by atoms with Gasteiger partial charge in [0.25, 0.3) is 0 Å². The fourth-order valence-electron chi connectivity index (χ4n) is 3.57. The van der Waals surface area contributed by atoms with Crippen molar-refractivity contribution in [3.63, 3.8) is 0 Å². The highest BCUT2D eigenvalue weighted by Crippen LogP contribution is 2.23. The van der Waals surface area contributed by atoms with Crippen molar-refractivity contribution in [2.75, 3.05) is 25.0 Å². The predicted octanol–water partition coefficient (Wildman–Crippen LogP) is 5.41. The first kappa shape index (κ1) is 21.4. The number of nitrogens with one attached hydrogen (secondary N) is 1. The van der Waals surface area contributed by atoms with Crippen molar-refractivity contribution in [2.24, 2.45) is 0 Å². The molecule has 0 aliphatic carbocycles. The van der Waals surface area contributed by atoms with Crippen LogP contribution >= 0.6 is 0 Å². The minimum Gasteiger partial charge on any atom is -0.367 e. The van der Waals surface area contributed by atoms with Gasteiger partial charge in [-0.1, -0.05) is 70.9 Å². The smallest absolute Gasteiger partial charge is 0.151 e. The van der Waals surface area contributed by atoms with Gasteiger partial charge in [-0.2, -0.15) is 0 Å². The fraction of sp³-hybridized carbons (Fsp3) is 0.565. The highest BCUT2D eigenvalue weighted by Gasteiger charge is 2.15. The van der Waals surface area contributed by atoms with Crippen LogP contribution in [0.1, 0.15) is 58.9 Å². The second-order valence-electron chi connectivity index (χ2n) is 7.09. The van der Waals surface area contributed by atoms with Crippen molar-refractivity contribution >= 4 is 5.82 Å². The molecule has 0 aliphatic rings. The van der Waals surface area contributed by atoms with Crippen LogP contribution < -0.4 is 5.32 Å². The molecule has 0 saturated carbocycles. The molecule has 2 rings (SSSR count). The molecule has 4 nitrogen and oxygen atoms in total. The molecule has 0 bridgehead atoms. The number of nitrogens with zero attached hydrogens (tertiary/aromatic N) is 3. The lowest BCUT2D eigenvalue weighted by Crippen LogP contribution is -2.39. The van der Waals surface area contributed by atoms with Gasteiger partial charge < -0.3 is 5.32 Å². The SMILES string of the molecule is CCCCCc1cc(-c2ccccc2)nnc1NCC(CC)N(CC)CC. The summed E-state index contributed by atoms with van der Waals surface area (Å²) in [6.45, 7) is 12.1. The Balaban J connectivity index is 2.18. The van der Waals surface area contributed by atoms with Crippen LogP contribution in [0.15, 0.2) is 36.4 Å². The van der Waals surface area contributed by atoms with Crippen LogP contribution in [0, 0.1) is 0 Å². The lowest BCUT2D eigenvalue weighted by Gasteiger charge is -2.29. The summed E-state index contributed by atoms with van der Waals surface area (Å²) in [7, 11) is 0. The number of benzene rings is 1. The summed E-state index contributed by atoms with van der Waals surface area (Å²) in [5.74, 6) is 0.955. The molecular weight excluding hydrogens is 332 g/mol. The van der Waals surface area contributed by atoms with Gasteiger partial charge in [0.15, 0.2) is 5.82 Å². The second-order valence-corrected chi connectivity index (χ2v) is 7.09. The number of anilines is 1. The summed E-state index contributed by atoms with van der Waals surface area (Å²) in [4.78, 5) is 2.51. The predicted molar refractivity (Wildman–Crippen MR) is 116 cm³/mol. The third-order valence-corrected chi connectivity index (χ3v) is 5.30. The zero-order valence-electron chi connectivity index (χ0n) is 17.5. The van der Waals surface area contributed by atoms with E-state index in [2.05, 4.69) is 78.4 Å². The average Bonchev–Trinajstić information content (AvgIpc) is 2.72. The molecule has 0 spiro atoms. The van der Waals surface area contributed by atoms with E-state index in [-0.39, 0.29) is 0 Å². The quantitative estimate of drug-likeness (QED) is 0.509.